The number of methoxy groups -OCH3 is 1. The lowest BCUT2D eigenvalue weighted by Crippen LogP contribution is -2.45. The zero-order chi connectivity index (χ0) is 31.4. The lowest BCUT2D eigenvalue weighted by molar-refractivity contribution is -0.121. The third-order valence-corrected chi connectivity index (χ3v) is 8.22. The highest BCUT2D eigenvalue weighted by Gasteiger charge is 2.33. The fourth-order valence-corrected chi connectivity index (χ4v) is 5.30. The van der Waals surface area contributed by atoms with Gasteiger partial charge in [0.05, 0.1) is 13.2 Å². The number of rotatable bonds is 18. The maximum atomic E-state index is 12.8. The third-order valence-electron chi connectivity index (χ3n) is 8.22. The van der Waals surface area contributed by atoms with Gasteiger partial charge in [0.1, 0.15) is 19.1 Å². The van der Waals surface area contributed by atoms with Gasteiger partial charge in [-0.25, -0.2) is 4.79 Å². The van der Waals surface area contributed by atoms with Crippen molar-refractivity contribution in [1.29, 1.82) is 0 Å². The van der Waals surface area contributed by atoms with Gasteiger partial charge in [0.2, 0.25) is 5.91 Å². The molecule has 2 amide bonds. The van der Waals surface area contributed by atoms with Crippen molar-refractivity contribution in [1.82, 2.24) is 16.0 Å². The molecule has 0 bridgehead atoms. The summed E-state index contributed by atoms with van der Waals surface area (Å²) in [5.74, 6) is -0.192. The van der Waals surface area contributed by atoms with Crippen LogP contribution in [0.15, 0.2) is 36.4 Å². The Morgan fingerprint density at radius 3 is 2.56 bits per heavy atom. The number of aliphatic hydroxyl groups is 1. The predicted octanol–water partition coefficient (Wildman–Crippen LogP) is 4.09. The van der Waals surface area contributed by atoms with Gasteiger partial charge in [-0.3, -0.25) is 10.1 Å². The summed E-state index contributed by atoms with van der Waals surface area (Å²) in [6.45, 7) is 9.81. The van der Waals surface area contributed by atoms with Crippen LogP contribution < -0.4 is 21.7 Å². The van der Waals surface area contributed by atoms with Gasteiger partial charge in [-0.15, -0.1) is 0 Å². The lowest BCUT2D eigenvalue weighted by atomic mass is 9.95. The van der Waals surface area contributed by atoms with Gasteiger partial charge >= 0.3 is 6.09 Å². The van der Waals surface area contributed by atoms with Crippen LogP contribution in [0.1, 0.15) is 87.8 Å². The first-order chi connectivity index (χ1) is 20.6. The number of fused-ring (bicyclic) bond motifs is 3. The molecule has 10 nitrogen and oxygen atoms in total. The molecule has 0 saturated heterocycles. The Labute approximate surface area is 256 Å². The summed E-state index contributed by atoms with van der Waals surface area (Å²) in [5.41, 5.74) is 11.2. The van der Waals surface area contributed by atoms with Crippen molar-refractivity contribution in [2.75, 3.05) is 40.0 Å². The molecule has 0 aromatic heterocycles. The van der Waals surface area contributed by atoms with Crippen LogP contribution in [0, 0.1) is 0 Å². The van der Waals surface area contributed by atoms with Crippen LogP contribution in [0.3, 0.4) is 0 Å². The Kier molecular flexibility index (Phi) is 13.4. The van der Waals surface area contributed by atoms with E-state index < -0.39 is 12.3 Å². The number of nitrogens with two attached hydrogens (primary N) is 1. The zero-order valence-corrected chi connectivity index (χ0v) is 26.3. The first kappa shape index (κ1) is 34.5. The minimum absolute atomic E-state index is 0.00603. The molecule has 0 spiro atoms. The van der Waals surface area contributed by atoms with Gasteiger partial charge in [-0.05, 0) is 67.3 Å². The summed E-state index contributed by atoms with van der Waals surface area (Å²) in [7, 11) is 1.61. The second kappa shape index (κ2) is 16.7. The lowest BCUT2D eigenvalue weighted by Gasteiger charge is -2.28. The monoisotopic (exact) mass is 598 g/mol. The first-order valence-corrected chi connectivity index (χ1v) is 15.4. The van der Waals surface area contributed by atoms with E-state index in [0.717, 1.165) is 52.6 Å². The number of aliphatic hydroxyl groups excluding tert-OH is 1. The number of amides is 2. The number of carbonyl (C=O) groups is 2. The Morgan fingerprint density at radius 1 is 1.09 bits per heavy atom. The number of hydrogen-bond acceptors (Lipinski definition) is 8. The van der Waals surface area contributed by atoms with Crippen LogP contribution in [0.5, 0.6) is 0 Å². The van der Waals surface area contributed by atoms with Gasteiger partial charge in [-0.2, -0.15) is 0 Å². The molecular formula is C33H50N4O6. The first-order valence-electron chi connectivity index (χ1n) is 15.4. The van der Waals surface area contributed by atoms with E-state index in [-0.39, 0.29) is 30.2 Å². The van der Waals surface area contributed by atoms with Crippen LogP contribution in [0.2, 0.25) is 0 Å². The van der Waals surface area contributed by atoms with Crippen LogP contribution in [0.25, 0.3) is 11.1 Å². The number of carbonyl (C=O) groups excluding carboxylic acids is 2. The number of hydrogen-bond donors (Lipinski definition) is 5. The molecule has 10 heteroatoms. The molecule has 0 radical (unpaired) electrons. The third kappa shape index (κ3) is 9.74. The molecule has 3 atom stereocenters. The molecule has 1 aliphatic carbocycles. The molecular weight excluding hydrogens is 548 g/mol. The van der Waals surface area contributed by atoms with Gasteiger partial charge in [0, 0.05) is 43.6 Å². The van der Waals surface area contributed by atoms with Crippen LogP contribution >= 0.6 is 0 Å². The van der Waals surface area contributed by atoms with Gasteiger partial charge in [0.15, 0.2) is 0 Å². The molecule has 3 rings (SSSR count). The van der Waals surface area contributed by atoms with Crippen LogP contribution in [0.4, 0.5) is 4.79 Å². The fraction of sp³-hybridized carbons (Fsp3) is 0.576. The smallest absolute Gasteiger partial charge is 0.407 e. The highest BCUT2D eigenvalue weighted by Crippen LogP contribution is 2.48. The van der Waals surface area contributed by atoms with E-state index in [1.807, 2.05) is 39.0 Å². The second-order valence-corrected chi connectivity index (χ2v) is 11.4. The Bertz CT molecular complexity index is 1200. The van der Waals surface area contributed by atoms with Crippen molar-refractivity contribution in [2.24, 2.45) is 5.73 Å². The Balaban J connectivity index is 1.82. The van der Waals surface area contributed by atoms with Crippen molar-refractivity contribution in [3.8, 4) is 11.1 Å². The number of benzene rings is 2. The molecule has 3 unspecified atom stereocenters. The van der Waals surface area contributed by atoms with E-state index in [1.165, 1.54) is 0 Å². The van der Waals surface area contributed by atoms with Crippen molar-refractivity contribution in [2.45, 2.75) is 83.7 Å². The minimum atomic E-state index is -0.923. The average Bonchev–Trinajstić information content (AvgIpc) is 3.31. The normalized spacial score (nSPS) is 15.4. The molecule has 0 fully saturated rings. The molecule has 1 aliphatic rings. The van der Waals surface area contributed by atoms with E-state index in [9.17, 15) is 14.7 Å². The standard InChI is InChI=1S/C33H50N4O6/c1-6-33(4,7-2)37-32(40)43-21-28-24-11-9-12-26(31(39)36-17-19-42-22(3)34)30(24)25-15-14-23(20-27(25)28)10-8-13-29(38)35-16-18-41-5/h9,11-12,14-15,20,22,28,31,36,39H,6-8,10,13,16-19,21,34H2,1-5H3,(H,35,38)(H,37,40). The second-order valence-electron chi connectivity index (χ2n) is 11.4. The van der Waals surface area contributed by atoms with Crippen molar-refractivity contribution < 1.29 is 28.9 Å². The van der Waals surface area contributed by atoms with Gasteiger partial charge in [-0.1, -0.05) is 50.2 Å². The SMILES string of the molecule is CCC(C)(CC)NC(=O)OCC1c2cc(CCCC(=O)NCCOC)ccc2-c2c(C(O)NCCOC(C)N)cccc21. The van der Waals surface area contributed by atoms with Crippen molar-refractivity contribution >= 4 is 12.0 Å². The van der Waals surface area contributed by atoms with Crippen molar-refractivity contribution in [3.63, 3.8) is 0 Å². The molecule has 2 aromatic carbocycles. The summed E-state index contributed by atoms with van der Waals surface area (Å²) < 4.78 is 16.2. The summed E-state index contributed by atoms with van der Waals surface area (Å²) in [4.78, 5) is 25.0. The molecule has 0 heterocycles. The van der Waals surface area contributed by atoms with Crippen LogP contribution in [-0.4, -0.2) is 68.9 Å². The van der Waals surface area contributed by atoms with Crippen molar-refractivity contribution in [3.05, 3.63) is 58.7 Å². The minimum Gasteiger partial charge on any atom is -0.449 e. The molecule has 0 saturated carbocycles. The van der Waals surface area contributed by atoms with E-state index in [4.69, 9.17) is 19.9 Å². The maximum absolute atomic E-state index is 12.8. The molecule has 238 valence electrons. The summed E-state index contributed by atoms with van der Waals surface area (Å²) in [6, 6.07) is 12.2. The van der Waals surface area contributed by atoms with Gasteiger partial charge in [0.25, 0.3) is 0 Å². The van der Waals surface area contributed by atoms with Gasteiger partial charge < -0.3 is 35.7 Å². The molecule has 0 aliphatic heterocycles. The Morgan fingerprint density at radius 2 is 1.86 bits per heavy atom. The van der Waals surface area contributed by atoms with E-state index in [0.29, 0.717) is 39.1 Å². The predicted molar refractivity (Wildman–Crippen MR) is 168 cm³/mol. The Hall–Kier alpha value is -3.02. The van der Waals surface area contributed by atoms with E-state index in [2.05, 4.69) is 34.1 Å². The zero-order valence-electron chi connectivity index (χ0n) is 26.3. The highest BCUT2D eigenvalue weighted by atomic mass is 16.5. The highest BCUT2D eigenvalue weighted by molar-refractivity contribution is 5.82. The quantitative estimate of drug-likeness (QED) is 0.128. The number of nitrogens with one attached hydrogen (secondary N) is 3. The van der Waals surface area contributed by atoms with Crippen LogP contribution in [-0.2, 0) is 25.4 Å². The number of ether oxygens (including phenoxy) is 3. The van der Waals surface area contributed by atoms with E-state index in [1.54, 1.807) is 14.0 Å². The molecule has 43 heavy (non-hydrogen) atoms. The molecule has 6 N–H and O–H groups in total. The largest absolute Gasteiger partial charge is 0.449 e. The van der Waals surface area contributed by atoms with E-state index >= 15 is 0 Å². The number of alkyl carbamates (subject to hydrolysis) is 1. The average molecular weight is 599 g/mol. The maximum Gasteiger partial charge on any atom is 0.407 e. The summed E-state index contributed by atoms with van der Waals surface area (Å²) in [5, 5.41) is 20.1. The topological polar surface area (TPSA) is 144 Å². The molecule has 2 aromatic rings. The summed E-state index contributed by atoms with van der Waals surface area (Å²) in [6.07, 6.45) is 1.72. The fourth-order valence-electron chi connectivity index (χ4n) is 5.30. The summed E-state index contributed by atoms with van der Waals surface area (Å²) >= 11 is 0. The number of aryl methyl sites for hydroxylation is 1.